The molecule has 0 fully saturated rings. The third kappa shape index (κ3) is 3.38. The average molecular weight is 551 g/mol. The van der Waals surface area contributed by atoms with E-state index in [2.05, 4.69) is 143 Å². The van der Waals surface area contributed by atoms with E-state index in [1.807, 2.05) is 24.8 Å². The lowest BCUT2D eigenvalue weighted by molar-refractivity contribution is 0.765. The predicted octanol–water partition coefficient (Wildman–Crippen LogP) is 8.73. The van der Waals surface area contributed by atoms with Gasteiger partial charge in [0.1, 0.15) is 12.7 Å². The van der Waals surface area contributed by atoms with Crippen LogP contribution in [0.15, 0.2) is 158 Å². The molecule has 2 heterocycles. The number of rotatable bonds is 4. The van der Waals surface area contributed by atoms with Gasteiger partial charge in [-0.2, -0.15) is 0 Å². The maximum Gasteiger partial charge on any atom is 0.100 e. The first-order chi connectivity index (χ1) is 21.3. The van der Waals surface area contributed by atoms with Gasteiger partial charge in [-0.3, -0.25) is 9.13 Å². The quantitative estimate of drug-likeness (QED) is 0.220. The highest BCUT2D eigenvalue weighted by molar-refractivity contribution is 5.87. The van der Waals surface area contributed by atoms with Crippen LogP contribution in [0.5, 0.6) is 0 Å². The number of hydrogen-bond acceptors (Lipinski definition) is 2. The fourth-order valence-corrected chi connectivity index (χ4v) is 7.13. The van der Waals surface area contributed by atoms with Crippen LogP contribution in [-0.2, 0) is 5.41 Å². The minimum absolute atomic E-state index is 0.522. The van der Waals surface area contributed by atoms with Crippen LogP contribution in [0, 0.1) is 0 Å². The highest BCUT2D eigenvalue weighted by atomic mass is 15.1. The molecule has 0 bridgehead atoms. The molecule has 9 rings (SSSR count). The van der Waals surface area contributed by atoms with Crippen LogP contribution < -0.4 is 0 Å². The standard InChI is InChI=1S/C39H26N4/c1-2-12-27(13-3-1)39(33-16-6-4-14-31(33)32-15-5-7-17-34(32)39)28-22-29(42-25-40-35-18-8-10-20-37(35)42)24-30(23-28)43-26-41-36-19-9-11-21-38(36)43/h1-26H. The first-order valence-corrected chi connectivity index (χ1v) is 14.6. The lowest BCUT2D eigenvalue weighted by Crippen LogP contribution is -2.29. The monoisotopic (exact) mass is 550 g/mol. The van der Waals surface area contributed by atoms with E-state index in [0.29, 0.717) is 0 Å². The SMILES string of the molecule is c1ccc(C2(c3cc(-n4cnc5ccccc54)cc(-n4cnc5ccccc54)c3)c3ccccc3-c3ccccc32)cc1. The molecule has 0 N–H and O–H groups in total. The normalized spacial score (nSPS) is 13.3. The fraction of sp³-hybridized carbons (Fsp3) is 0.0256. The number of nitrogens with zero attached hydrogens (tertiary/aromatic N) is 4. The molecule has 4 heteroatoms. The summed E-state index contributed by atoms with van der Waals surface area (Å²) in [6.07, 6.45) is 3.87. The number of fused-ring (bicyclic) bond motifs is 5. The van der Waals surface area contributed by atoms with Gasteiger partial charge in [0.05, 0.1) is 27.5 Å². The number of benzene rings is 6. The minimum Gasteiger partial charge on any atom is -0.299 e. The summed E-state index contributed by atoms with van der Waals surface area (Å²) in [5, 5.41) is 0. The Bertz CT molecular complexity index is 2170. The van der Waals surface area contributed by atoms with Crippen molar-refractivity contribution in [2.75, 3.05) is 0 Å². The zero-order valence-corrected chi connectivity index (χ0v) is 23.3. The van der Waals surface area contributed by atoms with Gasteiger partial charge in [-0.1, -0.05) is 103 Å². The summed E-state index contributed by atoms with van der Waals surface area (Å²) in [5.41, 5.74) is 13.2. The Morgan fingerprint density at radius 2 is 0.884 bits per heavy atom. The molecule has 0 spiro atoms. The van der Waals surface area contributed by atoms with E-state index in [4.69, 9.17) is 9.97 Å². The molecule has 0 atom stereocenters. The molecule has 1 aliphatic rings. The molecular formula is C39H26N4. The molecule has 8 aromatic rings. The second-order valence-corrected chi connectivity index (χ2v) is 11.2. The summed E-state index contributed by atoms with van der Waals surface area (Å²) in [4.78, 5) is 9.51. The second kappa shape index (κ2) is 9.13. The van der Waals surface area contributed by atoms with Crippen molar-refractivity contribution in [3.63, 3.8) is 0 Å². The molecule has 0 saturated carbocycles. The van der Waals surface area contributed by atoms with Crippen molar-refractivity contribution in [2.24, 2.45) is 0 Å². The van der Waals surface area contributed by atoms with Crippen LogP contribution in [0.1, 0.15) is 22.3 Å². The highest BCUT2D eigenvalue weighted by Gasteiger charge is 2.46. The predicted molar refractivity (Wildman–Crippen MR) is 173 cm³/mol. The van der Waals surface area contributed by atoms with E-state index in [9.17, 15) is 0 Å². The number of para-hydroxylation sites is 4. The van der Waals surface area contributed by atoms with E-state index < -0.39 is 5.41 Å². The van der Waals surface area contributed by atoms with E-state index in [1.54, 1.807) is 0 Å². The lowest BCUT2D eigenvalue weighted by atomic mass is 9.67. The third-order valence-electron chi connectivity index (χ3n) is 8.96. The molecule has 202 valence electrons. The second-order valence-electron chi connectivity index (χ2n) is 11.2. The molecular weight excluding hydrogens is 524 g/mol. The maximum absolute atomic E-state index is 4.76. The Balaban J connectivity index is 1.43. The van der Waals surface area contributed by atoms with E-state index in [1.165, 1.54) is 33.4 Å². The summed E-state index contributed by atoms with van der Waals surface area (Å²) in [7, 11) is 0. The van der Waals surface area contributed by atoms with Gasteiger partial charge in [0.2, 0.25) is 0 Å². The van der Waals surface area contributed by atoms with Crippen molar-refractivity contribution in [3.05, 3.63) is 181 Å². The van der Waals surface area contributed by atoms with E-state index in [0.717, 1.165) is 33.4 Å². The molecule has 43 heavy (non-hydrogen) atoms. The van der Waals surface area contributed by atoms with Crippen molar-refractivity contribution in [1.82, 2.24) is 19.1 Å². The Labute approximate surface area is 249 Å². The maximum atomic E-state index is 4.76. The first-order valence-electron chi connectivity index (χ1n) is 14.6. The van der Waals surface area contributed by atoms with Crippen LogP contribution in [0.3, 0.4) is 0 Å². The van der Waals surface area contributed by atoms with Gasteiger partial charge >= 0.3 is 0 Å². The molecule has 1 aliphatic carbocycles. The zero-order chi connectivity index (χ0) is 28.4. The Morgan fingerprint density at radius 1 is 0.419 bits per heavy atom. The van der Waals surface area contributed by atoms with Crippen molar-refractivity contribution in [1.29, 1.82) is 0 Å². The van der Waals surface area contributed by atoms with Crippen molar-refractivity contribution >= 4 is 22.1 Å². The minimum atomic E-state index is -0.522. The average Bonchev–Trinajstić information content (AvgIpc) is 3.78. The summed E-state index contributed by atoms with van der Waals surface area (Å²) in [6, 6.07) is 52.2. The van der Waals surface area contributed by atoms with Crippen LogP contribution in [0.25, 0.3) is 44.6 Å². The van der Waals surface area contributed by atoms with Gasteiger partial charge in [0, 0.05) is 11.4 Å². The third-order valence-corrected chi connectivity index (χ3v) is 8.96. The van der Waals surface area contributed by atoms with Crippen LogP contribution in [0.2, 0.25) is 0 Å². The summed E-state index contributed by atoms with van der Waals surface area (Å²) >= 11 is 0. The van der Waals surface area contributed by atoms with Crippen molar-refractivity contribution in [3.8, 4) is 22.5 Å². The number of hydrogen-bond donors (Lipinski definition) is 0. The van der Waals surface area contributed by atoms with Crippen LogP contribution in [-0.4, -0.2) is 19.1 Å². The molecule has 6 aromatic carbocycles. The summed E-state index contributed by atoms with van der Waals surface area (Å²) in [6.45, 7) is 0. The van der Waals surface area contributed by atoms with E-state index in [-0.39, 0.29) is 0 Å². The summed E-state index contributed by atoms with van der Waals surface area (Å²) < 4.78 is 4.40. The highest BCUT2D eigenvalue weighted by Crippen LogP contribution is 2.56. The van der Waals surface area contributed by atoms with Crippen molar-refractivity contribution in [2.45, 2.75) is 5.41 Å². The molecule has 0 unspecified atom stereocenters. The number of aromatic nitrogens is 4. The largest absolute Gasteiger partial charge is 0.299 e. The smallest absolute Gasteiger partial charge is 0.100 e. The Kier molecular flexibility index (Phi) is 5.08. The van der Waals surface area contributed by atoms with Gasteiger partial charge < -0.3 is 0 Å². The molecule has 0 radical (unpaired) electrons. The molecule has 0 saturated heterocycles. The molecule has 0 amide bonds. The van der Waals surface area contributed by atoms with Gasteiger partial charge in [-0.05, 0) is 75.8 Å². The summed E-state index contributed by atoms with van der Waals surface area (Å²) in [5.74, 6) is 0. The van der Waals surface area contributed by atoms with Gasteiger partial charge in [-0.25, -0.2) is 9.97 Å². The lowest BCUT2D eigenvalue weighted by Gasteiger charge is -2.34. The molecule has 0 aliphatic heterocycles. The molecule has 2 aromatic heterocycles. The Morgan fingerprint density at radius 3 is 1.44 bits per heavy atom. The van der Waals surface area contributed by atoms with Crippen molar-refractivity contribution < 1.29 is 0 Å². The Hall–Kier alpha value is -5.74. The van der Waals surface area contributed by atoms with Gasteiger partial charge in [-0.15, -0.1) is 0 Å². The fourth-order valence-electron chi connectivity index (χ4n) is 7.13. The van der Waals surface area contributed by atoms with Crippen LogP contribution >= 0.6 is 0 Å². The van der Waals surface area contributed by atoms with Gasteiger partial charge in [0.25, 0.3) is 0 Å². The van der Waals surface area contributed by atoms with Crippen LogP contribution in [0.4, 0.5) is 0 Å². The van der Waals surface area contributed by atoms with Gasteiger partial charge in [0.15, 0.2) is 0 Å². The topological polar surface area (TPSA) is 35.6 Å². The molecule has 4 nitrogen and oxygen atoms in total. The van der Waals surface area contributed by atoms with E-state index >= 15 is 0 Å². The number of imidazole rings is 2. The zero-order valence-electron chi connectivity index (χ0n) is 23.3. The first kappa shape index (κ1) is 23.9.